The van der Waals surface area contributed by atoms with E-state index >= 15 is 0 Å². The lowest BCUT2D eigenvalue weighted by atomic mass is 10.2. The van der Waals surface area contributed by atoms with Crippen LogP contribution in [0.15, 0.2) is 36.8 Å². The average molecular weight is 479 g/mol. The molecule has 3 N–H and O–H groups in total. The Balaban J connectivity index is 1.48. The lowest BCUT2D eigenvalue weighted by Gasteiger charge is -2.35. The highest BCUT2D eigenvalue weighted by molar-refractivity contribution is 5.98. The van der Waals surface area contributed by atoms with Crippen molar-refractivity contribution < 1.29 is 4.79 Å². The lowest BCUT2D eigenvalue weighted by molar-refractivity contribution is 0.0815. The van der Waals surface area contributed by atoms with E-state index < -0.39 is 0 Å². The Morgan fingerprint density at radius 2 is 1.91 bits per heavy atom. The molecular weight excluding hydrogens is 440 g/mol. The van der Waals surface area contributed by atoms with Gasteiger partial charge in [-0.05, 0) is 37.6 Å². The Morgan fingerprint density at radius 3 is 2.49 bits per heavy atom. The average Bonchev–Trinajstić information content (AvgIpc) is 3.52. The van der Waals surface area contributed by atoms with Crippen LogP contribution < -0.4 is 15.5 Å². The van der Waals surface area contributed by atoms with Crippen molar-refractivity contribution in [1.82, 2.24) is 19.4 Å². The van der Waals surface area contributed by atoms with Crippen LogP contribution in [0.25, 0.3) is 0 Å². The van der Waals surface area contributed by atoms with Crippen molar-refractivity contribution in [1.29, 1.82) is 5.41 Å². The van der Waals surface area contributed by atoms with Crippen LogP contribution in [0.1, 0.15) is 54.7 Å². The van der Waals surface area contributed by atoms with Gasteiger partial charge in [-0.25, -0.2) is 4.98 Å². The van der Waals surface area contributed by atoms with Crippen molar-refractivity contribution >= 4 is 29.4 Å². The maximum absolute atomic E-state index is 12.9. The van der Waals surface area contributed by atoms with Crippen LogP contribution in [0.4, 0.5) is 17.3 Å². The largest absolute Gasteiger partial charge is 0.368 e. The van der Waals surface area contributed by atoms with E-state index in [9.17, 15) is 4.79 Å². The second kappa shape index (κ2) is 10.9. The first-order chi connectivity index (χ1) is 16.9. The maximum atomic E-state index is 12.9. The van der Waals surface area contributed by atoms with Gasteiger partial charge in [0.1, 0.15) is 23.2 Å². The number of hydrogen-bond donors (Lipinski definition) is 3. The third-order valence-corrected chi connectivity index (χ3v) is 7.02. The van der Waals surface area contributed by atoms with Gasteiger partial charge in [-0.2, -0.15) is 0 Å². The molecule has 0 aromatic carbocycles. The van der Waals surface area contributed by atoms with Gasteiger partial charge in [0.2, 0.25) is 0 Å². The zero-order chi connectivity index (χ0) is 24.9. The van der Waals surface area contributed by atoms with Gasteiger partial charge in [-0.15, -0.1) is 0 Å². The topological polar surface area (TPSA) is 92.5 Å². The highest BCUT2D eigenvalue weighted by atomic mass is 16.2. The number of hydrogen-bond acceptors (Lipinski definition) is 7. The monoisotopic (exact) mass is 478 g/mol. The molecule has 0 radical (unpaired) electrons. The number of carbonyl (C=O) groups excluding carboxylic acids is 1. The van der Waals surface area contributed by atoms with Gasteiger partial charge in [0, 0.05) is 58.1 Å². The summed E-state index contributed by atoms with van der Waals surface area (Å²) in [5.74, 6) is 1.90. The van der Waals surface area contributed by atoms with Crippen molar-refractivity contribution in [3.63, 3.8) is 0 Å². The van der Waals surface area contributed by atoms with E-state index in [1.807, 2.05) is 12.3 Å². The number of nitrogens with zero attached hydrogens (tertiary/aromatic N) is 5. The molecule has 1 aliphatic heterocycles. The molecule has 1 amide bonds. The molecule has 2 aromatic heterocycles. The zero-order valence-corrected chi connectivity index (χ0v) is 21.2. The fourth-order valence-electron chi connectivity index (χ4n) is 5.02. The van der Waals surface area contributed by atoms with Gasteiger partial charge in [0.25, 0.3) is 5.91 Å². The van der Waals surface area contributed by atoms with Gasteiger partial charge in [0.05, 0.1) is 11.9 Å². The number of rotatable bonds is 9. The number of aromatic nitrogens is 2. The Kier molecular flexibility index (Phi) is 7.75. The minimum Gasteiger partial charge on any atom is -0.368 e. The van der Waals surface area contributed by atoms with Crippen LogP contribution in [0.2, 0.25) is 0 Å². The van der Waals surface area contributed by atoms with Crippen molar-refractivity contribution in [2.75, 3.05) is 62.4 Å². The van der Waals surface area contributed by atoms with Gasteiger partial charge in [-0.3, -0.25) is 4.79 Å². The predicted octanol–water partition coefficient (Wildman–Crippen LogP) is 3.83. The number of pyridine rings is 1. The van der Waals surface area contributed by atoms with Crippen LogP contribution >= 0.6 is 0 Å². The second-order valence-corrected chi connectivity index (χ2v) is 9.54. The van der Waals surface area contributed by atoms with E-state index in [-0.39, 0.29) is 11.9 Å². The van der Waals surface area contributed by atoms with Crippen LogP contribution in [-0.2, 0) is 0 Å². The SMILES string of the molecule is C=C(Nc1ccc(N2CCN(CC)CC2)cn1)Nc1c(C=N)cc(C(=O)N(C)C)n1C1CCCC1. The minimum absolute atomic E-state index is 0.0661. The summed E-state index contributed by atoms with van der Waals surface area (Å²) in [5.41, 5.74) is 2.39. The van der Waals surface area contributed by atoms with Crippen LogP contribution in [0, 0.1) is 5.41 Å². The number of amides is 1. The predicted molar refractivity (Wildman–Crippen MR) is 143 cm³/mol. The van der Waals surface area contributed by atoms with E-state index in [2.05, 4.69) is 49.6 Å². The highest BCUT2D eigenvalue weighted by Crippen LogP contribution is 2.36. The summed E-state index contributed by atoms with van der Waals surface area (Å²) in [6, 6.07) is 6.07. The smallest absolute Gasteiger partial charge is 0.270 e. The summed E-state index contributed by atoms with van der Waals surface area (Å²) in [7, 11) is 3.51. The number of anilines is 3. The first-order valence-electron chi connectivity index (χ1n) is 12.5. The molecule has 1 aliphatic carbocycles. The van der Waals surface area contributed by atoms with Crippen LogP contribution in [-0.4, -0.2) is 78.3 Å². The van der Waals surface area contributed by atoms with E-state index in [1.165, 1.54) is 6.21 Å². The standard InChI is InChI=1S/C26H38N8O/c1-5-32-12-14-33(15-13-32)22-10-11-24(28-18-22)29-19(2)30-25-20(17-27)16-23(26(35)31(3)4)34(25)21-8-6-7-9-21/h10-11,16-18,21,27,30H,2,5-9,12-15H2,1,3-4H3,(H,28,29). The molecule has 4 rings (SSSR count). The summed E-state index contributed by atoms with van der Waals surface area (Å²) < 4.78 is 2.06. The molecule has 0 atom stereocenters. The Morgan fingerprint density at radius 1 is 1.20 bits per heavy atom. The van der Waals surface area contributed by atoms with Crippen LogP contribution in [0.5, 0.6) is 0 Å². The number of likely N-dealkylation sites (N-methyl/N-ethyl adjacent to an activating group) is 1. The first-order valence-corrected chi connectivity index (χ1v) is 12.5. The van der Waals surface area contributed by atoms with Crippen molar-refractivity contribution in [2.24, 2.45) is 0 Å². The molecule has 0 unspecified atom stereocenters. The normalized spacial score (nSPS) is 16.8. The quantitative estimate of drug-likeness (QED) is 0.475. The minimum atomic E-state index is -0.0661. The molecule has 3 heterocycles. The molecule has 1 saturated heterocycles. The zero-order valence-electron chi connectivity index (χ0n) is 21.2. The molecule has 188 valence electrons. The lowest BCUT2D eigenvalue weighted by Crippen LogP contribution is -2.46. The summed E-state index contributed by atoms with van der Waals surface area (Å²) >= 11 is 0. The Bertz CT molecular complexity index is 1040. The summed E-state index contributed by atoms with van der Waals surface area (Å²) in [5, 5.41) is 14.5. The van der Waals surface area contributed by atoms with E-state index in [1.54, 1.807) is 25.1 Å². The summed E-state index contributed by atoms with van der Waals surface area (Å²) in [6.45, 7) is 11.6. The molecular formula is C26H38N8O. The molecule has 2 fully saturated rings. The number of piperazine rings is 1. The highest BCUT2D eigenvalue weighted by Gasteiger charge is 2.28. The van der Waals surface area contributed by atoms with E-state index in [4.69, 9.17) is 5.41 Å². The Labute approximate surface area is 208 Å². The van der Waals surface area contributed by atoms with Crippen molar-refractivity contribution in [2.45, 2.75) is 38.6 Å². The summed E-state index contributed by atoms with van der Waals surface area (Å²) in [4.78, 5) is 23.9. The van der Waals surface area contributed by atoms with E-state index in [0.29, 0.717) is 22.9 Å². The fraction of sp³-hybridized carbons (Fsp3) is 0.500. The van der Waals surface area contributed by atoms with Gasteiger partial charge in [-0.1, -0.05) is 26.3 Å². The molecule has 9 nitrogen and oxygen atoms in total. The molecule has 2 aromatic rings. The number of nitrogens with one attached hydrogen (secondary N) is 3. The molecule has 9 heteroatoms. The van der Waals surface area contributed by atoms with Gasteiger partial charge >= 0.3 is 0 Å². The third-order valence-electron chi connectivity index (χ3n) is 7.02. The molecule has 2 aliphatic rings. The molecule has 1 saturated carbocycles. The third kappa shape index (κ3) is 5.51. The maximum Gasteiger partial charge on any atom is 0.270 e. The molecule has 0 bridgehead atoms. The molecule has 35 heavy (non-hydrogen) atoms. The second-order valence-electron chi connectivity index (χ2n) is 9.54. The number of carbonyl (C=O) groups is 1. The first kappa shape index (κ1) is 24.8. The van der Waals surface area contributed by atoms with E-state index in [0.717, 1.165) is 69.9 Å². The summed E-state index contributed by atoms with van der Waals surface area (Å²) in [6.07, 6.45) is 7.50. The van der Waals surface area contributed by atoms with Gasteiger partial charge < -0.3 is 35.3 Å². The Hall–Kier alpha value is -3.33. The molecule has 0 spiro atoms. The van der Waals surface area contributed by atoms with Crippen molar-refractivity contribution in [3.8, 4) is 0 Å². The van der Waals surface area contributed by atoms with Gasteiger partial charge in [0.15, 0.2) is 0 Å². The fourth-order valence-corrected chi connectivity index (χ4v) is 5.02. The van der Waals surface area contributed by atoms with Crippen LogP contribution in [0.3, 0.4) is 0 Å². The van der Waals surface area contributed by atoms with Crippen molar-refractivity contribution in [3.05, 3.63) is 48.1 Å².